The molecular formula is C25H28F2N2O5. The van der Waals surface area contributed by atoms with Crippen LogP contribution >= 0.6 is 0 Å². The van der Waals surface area contributed by atoms with Gasteiger partial charge in [0.05, 0.1) is 12.2 Å². The first-order chi connectivity index (χ1) is 16.4. The van der Waals surface area contributed by atoms with Crippen molar-refractivity contribution >= 4 is 17.6 Å². The number of rotatable bonds is 10. The summed E-state index contributed by atoms with van der Waals surface area (Å²) in [7, 11) is 0. The number of alkyl halides is 2. The Balaban J connectivity index is 1.47. The summed E-state index contributed by atoms with van der Waals surface area (Å²) in [6.45, 7) is 0.731. The van der Waals surface area contributed by atoms with Crippen LogP contribution in [-0.2, 0) is 4.79 Å². The normalized spacial score (nSPS) is 13.6. The standard InChI is InChI=1S/C25H28F2N2O5/c1-2-17-33-19-9-7-18(8-10-19)21(30)11-12-23(31)28-13-15-29(16-14-28)24(32)20-5-3-4-6-22(20)34-25(26)27/h3-10,25H,2,11-17H2,1H3. The van der Waals surface area contributed by atoms with Crippen molar-refractivity contribution in [2.24, 2.45) is 0 Å². The van der Waals surface area contributed by atoms with E-state index in [1.54, 1.807) is 35.2 Å². The minimum atomic E-state index is -3.03. The first-order valence-corrected chi connectivity index (χ1v) is 11.3. The van der Waals surface area contributed by atoms with Crippen LogP contribution in [0, 0.1) is 0 Å². The predicted octanol–water partition coefficient (Wildman–Crippen LogP) is 4.02. The lowest BCUT2D eigenvalue weighted by molar-refractivity contribution is -0.132. The molecule has 3 rings (SSSR count). The van der Waals surface area contributed by atoms with Crippen LogP contribution in [0.1, 0.15) is 46.9 Å². The van der Waals surface area contributed by atoms with Crippen LogP contribution in [0.25, 0.3) is 0 Å². The molecule has 182 valence electrons. The van der Waals surface area contributed by atoms with Crippen LogP contribution in [0.2, 0.25) is 0 Å². The van der Waals surface area contributed by atoms with E-state index < -0.39 is 12.5 Å². The van der Waals surface area contributed by atoms with Crippen molar-refractivity contribution in [1.82, 2.24) is 9.80 Å². The summed E-state index contributed by atoms with van der Waals surface area (Å²) < 4.78 is 35.2. The van der Waals surface area contributed by atoms with Crippen molar-refractivity contribution in [3.8, 4) is 11.5 Å². The maximum Gasteiger partial charge on any atom is 0.387 e. The van der Waals surface area contributed by atoms with Crippen LogP contribution < -0.4 is 9.47 Å². The second-order valence-electron chi connectivity index (χ2n) is 7.84. The SMILES string of the molecule is CCCOc1ccc(C(=O)CCC(=O)N2CCN(C(=O)c3ccccc3OC(F)F)CC2)cc1. The van der Waals surface area contributed by atoms with E-state index >= 15 is 0 Å². The van der Waals surface area contributed by atoms with Crippen LogP contribution in [0.3, 0.4) is 0 Å². The number of hydrogen-bond acceptors (Lipinski definition) is 5. The fraction of sp³-hybridized carbons (Fsp3) is 0.400. The lowest BCUT2D eigenvalue weighted by atomic mass is 10.1. The second kappa shape index (κ2) is 12.1. The summed E-state index contributed by atoms with van der Waals surface area (Å²) in [5, 5.41) is 0. The molecule has 0 unspecified atom stereocenters. The summed E-state index contributed by atoms with van der Waals surface area (Å²) in [4.78, 5) is 40.9. The first-order valence-electron chi connectivity index (χ1n) is 11.3. The van der Waals surface area contributed by atoms with E-state index in [2.05, 4.69) is 4.74 Å². The first kappa shape index (κ1) is 25.1. The molecule has 1 saturated heterocycles. The highest BCUT2D eigenvalue weighted by molar-refractivity contribution is 5.98. The Labute approximate surface area is 197 Å². The Kier molecular flexibility index (Phi) is 8.95. The third kappa shape index (κ3) is 6.76. The fourth-order valence-corrected chi connectivity index (χ4v) is 3.65. The summed E-state index contributed by atoms with van der Waals surface area (Å²) in [6, 6.07) is 12.7. The quantitative estimate of drug-likeness (QED) is 0.486. The molecule has 0 bridgehead atoms. The van der Waals surface area contributed by atoms with Gasteiger partial charge in [0.2, 0.25) is 5.91 Å². The third-order valence-electron chi connectivity index (χ3n) is 5.47. The molecule has 0 aliphatic carbocycles. The molecular weight excluding hydrogens is 446 g/mol. The van der Waals surface area contributed by atoms with Gasteiger partial charge in [0.25, 0.3) is 5.91 Å². The van der Waals surface area contributed by atoms with Crippen LogP contribution in [0.4, 0.5) is 8.78 Å². The molecule has 1 fully saturated rings. The van der Waals surface area contributed by atoms with Crippen LogP contribution in [0.5, 0.6) is 11.5 Å². The molecule has 0 spiro atoms. The summed E-state index contributed by atoms with van der Waals surface area (Å²) in [6.07, 6.45) is 1.06. The highest BCUT2D eigenvalue weighted by Gasteiger charge is 2.27. The van der Waals surface area contributed by atoms with Crippen molar-refractivity contribution in [3.63, 3.8) is 0 Å². The van der Waals surface area contributed by atoms with Crippen LogP contribution in [-0.4, -0.2) is 66.8 Å². The Morgan fingerprint density at radius 2 is 1.56 bits per heavy atom. The third-order valence-corrected chi connectivity index (χ3v) is 5.47. The predicted molar refractivity (Wildman–Crippen MR) is 121 cm³/mol. The second-order valence-corrected chi connectivity index (χ2v) is 7.84. The Hall–Kier alpha value is -3.49. The maximum atomic E-state index is 12.8. The molecule has 1 heterocycles. The van der Waals surface area contributed by atoms with Gasteiger partial charge in [-0.25, -0.2) is 0 Å². The number of amides is 2. The molecule has 0 atom stereocenters. The lowest BCUT2D eigenvalue weighted by Crippen LogP contribution is -2.50. The number of piperazine rings is 1. The van der Waals surface area contributed by atoms with Gasteiger partial charge in [-0.2, -0.15) is 8.78 Å². The number of ether oxygens (including phenoxy) is 2. The minimum absolute atomic E-state index is 0.0549. The summed E-state index contributed by atoms with van der Waals surface area (Å²) in [5.74, 6) is -0.190. The van der Waals surface area contributed by atoms with E-state index in [0.717, 1.165) is 6.42 Å². The molecule has 1 aliphatic heterocycles. The molecule has 2 amide bonds. The van der Waals surface area contributed by atoms with Gasteiger partial charge in [0, 0.05) is 44.6 Å². The highest BCUT2D eigenvalue weighted by Crippen LogP contribution is 2.23. The highest BCUT2D eigenvalue weighted by atomic mass is 19.3. The van der Waals surface area contributed by atoms with Crippen molar-refractivity contribution < 1.29 is 32.6 Å². The van der Waals surface area contributed by atoms with E-state index in [-0.39, 0.29) is 48.9 Å². The Bertz CT molecular complexity index is 989. The van der Waals surface area contributed by atoms with Gasteiger partial charge in [-0.3, -0.25) is 14.4 Å². The fourth-order valence-electron chi connectivity index (χ4n) is 3.65. The van der Waals surface area contributed by atoms with Crippen molar-refractivity contribution in [1.29, 1.82) is 0 Å². The zero-order valence-corrected chi connectivity index (χ0v) is 19.0. The monoisotopic (exact) mass is 474 g/mol. The van der Waals surface area contributed by atoms with E-state index in [1.807, 2.05) is 6.92 Å². The van der Waals surface area contributed by atoms with Gasteiger partial charge in [-0.05, 0) is 42.8 Å². The van der Waals surface area contributed by atoms with Crippen molar-refractivity contribution in [3.05, 3.63) is 59.7 Å². The van der Waals surface area contributed by atoms with E-state index in [4.69, 9.17) is 4.74 Å². The summed E-state index contributed by atoms with van der Waals surface area (Å²) >= 11 is 0. The number of para-hydroxylation sites is 1. The number of benzene rings is 2. The topological polar surface area (TPSA) is 76.2 Å². The number of carbonyl (C=O) groups excluding carboxylic acids is 3. The minimum Gasteiger partial charge on any atom is -0.494 e. The number of ketones is 1. The molecule has 2 aromatic rings. The molecule has 9 heteroatoms. The van der Waals surface area contributed by atoms with Gasteiger partial charge < -0.3 is 19.3 Å². The molecule has 0 aromatic heterocycles. The number of nitrogens with zero attached hydrogens (tertiary/aromatic N) is 2. The van der Waals surface area contributed by atoms with Crippen molar-refractivity contribution in [2.45, 2.75) is 32.8 Å². The molecule has 2 aromatic carbocycles. The average Bonchev–Trinajstić information content (AvgIpc) is 2.85. The van der Waals surface area contributed by atoms with E-state index in [1.165, 1.54) is 23.1 Å². The Morgan fingerprint density at radius 1 is 0.912 bits per heavy atom. The number of hydrogen-bond donors (Lipinski definition) is 0. The molecule has 0 radical (unpaired) electrons. The number of carbonyl (C=O) groups is 3. The average molecular weight is 475 g/mol. The largest absolute Gasteiger partial charge is 0.494 e. The van der Waals surface area contributed by atoms with Gasteiger partial charge >= 0.3 is 6.61 Å². The summed E-state index contributed by atoms with van der Waals surface area (Å²) in [5.41, 5.74) is 0.580. The Morgan fingerprint density at radius 3 is 2.21 bits per heavy atom. The van der Waals surface area contributed by atoms with Crippen molar-refractivity contribution in [2.75, 3.05) is 32.8 Å². The maximum absolute atomic E-state index is 12.8. The van der Waals surface area contributed by atoms with Gasteiger partial charge in [-0.15, -0.1) is 0 Å². The van der Waals surface area contributed by atoms with Gasteiger partial charge in [-0.1, -0.05) is 19.1 Å². The van der Waals surface area contributed by atoms with E-state index in [9.17, 15) is 23.2 Å². The molecule has 0 N–H and O–H groups in total. The van der Waals surface area contributed by atoms with Gasteiger partial charge in [0.1, 0.15) is 11.5 Å². The van der Waals surface area contributed by atoms with Crippen LogP contribution in [0.15, 0.2) is 48.5 Å². The zero-order chi connectivity index (χ0) is 24.5. The zero-order valence-electron chi connectivity index (χ0n) is 19.0. The molecule has 0 saturated carbocycles. The molecule has 34 heavy (non-hydrogen) atoms. The molecule has 7 nitrogen and oxygen atoms in total. The van der Waals surface area contributed by atoms with Gasteiger partial charge in [0.15, 0.2) is 5.78 Å². The number of Topliss-reactive ketones (excluding diaryl/α,β-unsaturated/α-hetero) is 1. The smallest absolute Gasteiger partial charge is 0.387 e. The number of halogens is 2. The molecule has 1 aliphatic rings. The lowest BCUT2D eigenvalue weighted by Gasteiger charge is -2.35. The van der Waals surface area contributed by atoms with E-state index in [0.29, 0.717) is 31.0 Å².